The molecular weight excluding hydrogens is 471 g/mol. The van der Waals surface area contributed by atoms with E-state index in [-0.39, 0.29) is 47.8 Å². The molecule has 2 amide bonds. The summed E-state index contributed by atoms with van der Waals surface area (Å²) in [4.78, 5) is 32.1. The van der Waals surface area contributed by atoms with Crippen LogP contribution in [0.15, 0.2) is 4.99 Å². The van der Waals surface area contributed by atoms with Crippen LogP contribution in [0.4, 0.5) is 0 Å². The Bertz CT molecular complexity index is 531. The number of piperidine rings is 1. The average Bonchev–Trinajstić information content (AvgIpc) is 3.13. The van der Waals surface area contributed by atoms with Crippen molar-refractivity contribution in [1.29, 1.82) is 0 Å². The zero-order valence-corrected chi connectivity index (χ0v) is 19.6. The van der Waals surface area contributed by atoms with E-state index in [1.807, 2.05) is 11.8 Å². The normalized spacial score (nSPS) is 23.2. The van der Waals surface area contributed by atoms with Crippen molar-refractivity contribution in [2.45, 2.75) is 52.0 Å². The molecule has 28 heavy (non-hydrogen) atoms. The molecule has 0 aromatic heterocycles. The third kappa shape index (κ3) is 8.10. The van der Waals surface area contributed by atoms with Crippen LogP contribution in [0.1, 0.15) is 46.0 Å². The molecular formula is C19H37IN6O2. The van der Waals surface area contributed by atoms with Crippen LogP contribution in [0.25, 0.3) is 0 Å². The van der Waals surface area contributed by atoms with Crippen LogP contribution < -0.4 is 16.4 Å². The Hall–Kier alpha value is -1.10. The van der Waals surface area contributed by atoms with Crippen molar-refractivity contribution in [3.8, 4) is 0 Å². The molecule has 2 saturated heterocycles. The lowest BCUT2D eigenvalue weighted by Gasteiger charge is -2.30. The van der Waals surface area contributed by atoms with Gasteiger partial charge in [-0.2, -0.15) is 0 Å². The van der Waals surface area contributed by atoms with Gasteiger partial charge >= 0.3 is 0 Å². The minimum atomic E-state index is -0.177. The molecule has 8 nitrogen and oxygen atoms in total. The summed E-state index contributed by atoms with van der Waals surface area (Å²) in [6, 6.07) is 0.261. The van der Waals surface area contributed by atoms with Crippen molar-refractivity contribution in [2.24, 2.45) is 16.6 Å². The summed E-state index contributed by atoms with van der Waals surface area (Å²) in [5.41, 5.74) is 5.44. The van der Waals surface area contributed by atoms with E-state index < -0.39 is 0 Å². The molecule has 4 N–H and O–H groups in total. The number of halogens is 1. The number of likely N-dealkylation sites (tertiary alicyclic amines) is 2. The van der Waals surface area contributed by atoms with Crippen molar-refractivity contribution in [3.63, 3.8) is 0 Å². The first-order valence-corrected chi connectivity index (χ1v) is 10.4. The Kier molecular flexibility index (Phi) is 11.7. The summed E-state index contributed by atoms with van der Waals surface area (Å²) >= 11 is 0. The van der Waals surface area contributed by atoms with E-state index >= 15 is 0 Å². The Morgan fingerprint density at radius 3 is 2.64 bits per heavy atom. The SMILES string of the molecule is CCNC(=NCCCN1CCCC(C(N)=O)C1)NC1CCN(C(=O)CC)C1.I. The lowest BCUT2D eigenvalue weighted by molar-refractivity contribution is -0.129. The summed E-state index contributed by atoms with van der Waals surface area (Å²) in [5, 5.41) is 6.75. The summed E-state index contributed by atoms with van der Waals surface area (Å²) in [5.74, 6) is 0.861. The molecule has 2 aliphatic rings. The van der Waals surface area contributed by atoms with E-state index in [0.717, 1.165) is 77.5 Å². The molecule has 9 heteroatoms. The molecule has 0 aromatic carbocycles. The monoisotopic (exact) mass is 508 g/mol. The number of nitrogens with two attached hydrogens (primary N) is 1. The Morgan fingerprint density at radius 2 is 1.96 bits per heavy atom. The summed E-state index contributed by atoms with van der Waals surface area (Å²) in [6.45, 7) is 9.82. The first-order chi connectivity index (χ1) is 13.0. The van der Waals surface area contributed by atoms with Gasteiger partial charge in [-0.1, -0.05) is 6.92 Å². The molecule has 2 unspecified atom stereocenters. The van der Waals surface area contributed by atoms with Crippen molar-refractivity contribution >= 4 is 41.8 Å². The Labute approximate surface area is 186 Å². The van der Waals surface area contributed by atoms with Crippen LogP contribution in [0.5, 0.6) is 0 Å². The summed E-state index contributed by atoms with van der Waals surface area (Å²) in [6.07, 6.45) is 4.42. The first-order valence-electron chi connectivity index (χ1n) is 10.4. The maximum Gasteiger partial charge on any atom is 0.222 e. The molecule has 0 spiro atoms. The lowest BCUT2D eigenvalue weighted by Crippen LogP contribution is -2.45. The molecule has 2 atom stereocenters. The third-order valence-electron chi connectivity index (χ3n) is 5.34. The molecule has 0 aromatic rings. The smallest absolute Gasteiger partial charge is 0.222 e. The number of hydrogen-bond donors (Lipinski definition) is 3. The number of nitrogens with zero attached hydrogens (tertiary/aromatic N) is 3. The summed E-state index contributed by atoms with van der Waals surface area (Å²) < 4.78 is 0. The third-order valence-corrected chi connectivity index (χ3v) is 5.34. The van der Waals surface area contributed by atoms with Crippen LogP contribution in [-0.4, -0.2) is 79.4 Å². The van der Waals surface area contributed by atoms with Gasteiger partial charge in [-0.3, -0.25) is 14.6 Å². The minimum absolute atomic E-state index is 0. The van der Waals surface area contributed by atoms with E-state index in [2.05, 4.69) is 27.4 Å². The first kappa shape index (κ1) is 24.9. The van der Waals surface area contributed by atoms with Crippen molar-refractivity contribution in [2.75, 3.05) is 45.8 Å². The van der Waals surface area contributed by atoms with E-state index in [1.165, 1.54) is 0 Å². The van der Waals surface area contributed by atoms with E-state index in [4.69, 9.17) is 5.73 Å². The van der Waals surface area contributed by atoms with E-state index in [1.54, 1.807) is 0 Å². The quantitative estimate of drug-likeness (QED) is 0.195. The number of carbonyl (C=O) groups is 2. The predicted octanol–water partition coefficient (Wildman–Crippen LogP) is 0.758. The highest BCUT2D eigenvalue weighted by atomic mass is 127. The fraction of sp³-hybridized carbons (Fsp3) is 0.842. The number of nitrogens with one attached hydrogen (secondary N) is 2. The molecule has 0 radical (unpaired) electrons. The van der Waals surface area contributed by atoms with E-state index in [9.17, 15) is 9.59 Å². The molecule has 162 valence electrons. The van der Waals surface area contributed by atoms with Gasteiger partial charge in [-0.25, -0.2) is 0 Å². The number of aliphatic imine (C=N–C) groups is 1. The van der Waals surface area contributed by atoms with Crippen LogP contribution in [0.2, 0.25) is 0 Å². The highest BCUT2D eigenvalue weighted by Gasteiger charge is 2.26. The number of amides is 2. The van der Waals surface area contributed by atoms with Crippen molar-refractivity contribution < 1.29 is 9.59 Å². The van der Waals surface area contributed by atoms with Gasteiger partial charge in [0.2, 0.25) is 11.8 Å². The zero-order chi connectivity index (χ0) is 19.6. The average molecular weight is 508 g/mol. The van der Waals surface area contributed by atoms with Gasteiger partial charge < -0.3 is 26.2 Å². The molecule has 0 bridgehead atoms. The topological polar surface area (TPSA) is 103 Å². The molecule has 2 aliphatic heterocycles. The minimum Gasteiger partial charge on any atom is -0.369 e. The van der Waals surface area contributed by atoms with Gasteiger partial charge in [0.15, 0.2) is 5.96 Å². The highest BCUT2D eigenvalue weighted by Crippen LogP contribution is 2.16. The number of primary amides is 1. The Morgan fingerprint density at radius 1 is 1.18 bits per heavy atom. The molecule has 2 heterocycles. The second kappa shape index (κ2) is 13.2. The largest absolute Gasteiger partial charge is 0.369 e. The van der Waals surface area contributed by atoms with E-state index in [0.29, 0.717) is 6.42 Å². The lowest BCUT2D eigenvalue weighted by atomic mass is 9.97. The number of rotatable bonds is 8. The van der Waals surface area contributed by atoms with Crippen LogP contribution >= 0.6 is 24.0 Å². The fourth-order valence-electron chi connectivity index (χ4n) is 3.82. The zero-order valence-electron chi connectivity index (χ0n) is 17.3. The molecule has 2 fully saturated rings. The number of carbonyl (C=O) groups excluding carboxylic acids is 2. The standard InChI is InChI=1S/C19H36N6O2.HI/c1-3-17(26)25-12-8-16(14-25)23-19(21-4-2)22-9-6-11-24-10-5-7-15(13-24)18(20)27;/h15-16H,3-14H2,1-2H3,(H2,20,27)(H2,21,22,23);1H. The van der Waals surface area contributed by atoms with Gasteiger partial charge in [-0.05, 0) is 45.7 Å². The van der Waals surface area contributed by atoms with Gasteiger partial charge in [0.25, 0.3) is 0 Å². The molecule has 0 saturated carbocycles. The highest BCUT2D eigenvalue weighted by molar-refractivity contribution is 14.0. The molecule has 0 aliphatic carbocycles. The molecule has 2 rings (SSSR count). The van der Waals surface area contributed by atoms with Crippen LogP contribution in [0.3, 0.4) is 0 Å². The second-order valence-corrected chi connectivity index (χ2v) is 7.48. The predicted molar refractivity (Wildman–Crippen MR) is 123 cm³/mol. The Balaban J connectivity index is 0.00000392. The maximum atomic E-state index is 11.8. The fourth-order valence-corrected chi connectivity index (χ4v) is 3.82. The van der Waals surface area contributed by atoms with Gasteiger partial charge in [0, 0.05) is 45.2 Å². The van der Waals surface area contributed by atoms with Crippen molar-refractivity contribution in [1.82, 2.24) is 20.4 Å². The second-order valence-electron chi connectivity index (χ2n) is 7.48. The number of guanidine groups is 1. The van der Waals surface area contributed by atoms with Gasteiger partial charge in [0.05, 0.1) is 5.92 Å². The number of hydrogen-bond acceptors (Lipinski definition) is 4. The van der Waals surface area contributed by atoms with Crippen LogP contribution in [0, 0.1) is 5.92 Å². The van der Waals surface area contributed by atoms with Crippen molar-refractivity contribution in [3.05, 3.63) is 0 Å². The van der Waals surface area contributed by atoms with Crippen LogP contribution in [-0.2, 0) is 9.59 Å². The summed E-state index contributed by atoms with van der Waals surface area (Å²) in [7, 11) is 0. The van der Waals surface area contributed by atoms with Gasteiger partial charge in [-0.15, -0.1) is 24.0 Å². The maximum absolute atomic E-state index is 11.8. The van der Waals surface area contributed by atoms with Gasteiger partial charge in [0.1, 0.15) is 0 Å².